The molecule has 7 heteroatoms. The van der Waals surface area contributed by atoms with Crippen LogP contribution < -0.4 is 14.8 Å². The van der Waals surface area contributed by atoms with Crippen LogP contribution in [0.4, 0.5) is 5.95 Å². The lowest BCUT2D eigenvalue weighted by molar-refractivity contribution is 0.273. The minimum Gasteiger partial charge on any atom is -0.493 e. The first-order chi connectivity index (χ1) is 10.3. The standard InChI is InChI=1S/C14H15ClN4O2/c1-2-20-14-18-12(15)17-13(19-14)16-10-7-8-21-11-6-4-3-5-9(10)11/h3-6,10H,2,7-8H2,1H3,(H,16,17,18,19). The Morgan fingerprint density at radius 1 is 1.33 bits per heavy atom. The molecule has 0 bridgehead atoms. The van der Waals surface area contributed by atoms with E-state index in [1.807, 2.05) is 31.2 Å². The number of halogens is 1. The van der Waals surface area contributed by atoms with Gasteiger partial charge in [-0.15, -0.1) is 0 Å². The summed E-state index contributed by atoms with van der Waals surface area (Å²) in [6.45, 7) is 2.98. The summed E-state index contributed by atoms with van der Waals surface area (Å²) in [6, 6.07) is 8.21. The number of para-hydroxylation sites is 1. The Kier molecular flexibility index (Phi) is 4.06. The summed E-state index contributed by atoms with van der Waals surface area (Å²) in [5, 5.41) is 3.38. The molecule has 6 nitrogen and oxygen atoms in total. The molecule has 0 fully saturated rings. The molecule has 0 radical (unpaired) electrons. The number of aromatic nitrogens is 3. The van der Waals surface area contributed by atoms with Crippen LogP contribution in [-0.2, 0) is 0 Å². The van der Waals surface area contributed by atoms with E-state index in [1.54, 1.807) is 0 Å². The maximum absolute atomic E-state index is 5.90. The first kappa shape index (κ1) is 13.9. The normalized spacial score (nSPS) is 16.8. The molecule has 1 atom stereocenters. The van der Waals surface area contributed by atoms with E-state index in [9.17, 15) is 0 Å². The molecule has 1 aliphatic heterocycles. The average Bonchev–Trinajstić information content (AvgIpc) is 2.47. The number of rotatable bonds is 4. The van der Waals surface area contributed by atoms with Crippen LogP contribution in [0.2, 0.25) is 5.28 Å². The van der Waals surface area contributed by atoms with Gasteiger partial charge in [0.25, 0.3) is 0 Å². The van der Waals surface area contributed by atoms with Crippen LogP contribution in [0.25, 0.3) is 0 Å². The van der Waals surface area contributed by atoms with E-state index in [0.717, 1.165) is 17.7 Å². The number of nitrogens with one attached hydrogen (secondary N) is 1. The van der Waals surface area contributed by atoms with E-state index in [-0.39, 0.29) is 17.3 Å². The van der Waals surface area contributed by atoms with Gasteiger partial charge in [-0.05, 0) is 24.6 Å². The van der Waals surface area contributed by atoms with Gasteiger partial charge < -0.3 is 14.8 Å². The Morgan fingerprint density at radius 3 is 3.05 bits per heavy atom. The molecule has 1 unspecified atom stereocenters. The SMILES string of the molecule is CCOc1nc(Cl)nc(NC2CCOc3ccccc32)n1. The van der Waals surface area contributed by atoms with Crippen LogP contribution in [-0.4, -0.2) is 28.2 Å². The molecule has 0 aliphatic carbocycles. The molecule has 1 aliphatic rings. The summed E-state index contributed by atoms with van der Waals surface area (Å²) in [5.41, 5.74) is 1.08. The fraction of sp³-hybridized carbons (Fsp3) is 0.357. The molecule has 110 valence electrons. The molecule has 21 heavy (non-hydrogen) atoms. The minimum absolute atomic E-state index is 0.0721. The summed E-state index contributed by atoms with van der Waals surface area (Å²) in [5.74, 6) is 1.28. The van der Waals surface area contributed by atoms with Gasteiger partial charge in [-0.25, -0.2) is 0 Å². The second-order valence-corrected chi connectivity index (χ2v) is 4.85. The highest BCUT2D eigenvalue weighted by atomic mass is 35.5. The van der Waals surface area contributed by atoms with Gasteiger partial charge >= 0.3 is 6.01 Å². The van der Waals surface area contributed by atoms with Gasteiger partial charge in [-0.1, -0.05) is 18.2 Å². The lowest BCUT2D eigenvalue weighted by Crippen LogP contribution is -2.21. The summed E-state index contributed by atoms with van der Waals surface area (Å²) in [4.78, 5) is 12.2. The zero-order valence-electron chi connectivity index (χ0n) is 11.5. The predicted octanol–water partition coefficient (Wildman–Crippen LogP) is 2.86. The highest BCUT2D eigenvalue weighted by Gasteiger charge is 2.22. The van der Waals surface area contributed by atoms with Gasteiger partial charge in [0, 0.05) is 12.0 Å². The van der Waals surface area contributed by atoms with Crippen LogP contribution in [0.15, 0.2) is 24.3 Å². The third-order valence-corrected chi connectivity index (χ3v) is 3.29. The van der Waals surface area contributed by atoms with E-state index in [4.69, 9.17) is 21.1 Å². The van der Waals surface area contributed by atoms with Crippen molar-refractivity contribution >= 4 is 17.5 Å². The number of hydrogen-bond acceptors (Lipinski definition) is 6. The Labute approximate surface area is 127 Å². The smallest absolute Gasteiger partial charge is 0.322 e. The van der Waals surface area contributed by atoms with Crippen LogP contribution >= 0.6 is 11.6 Å². The van der Waals surface area contributed by atoms with E-state index in [2.05, 4.69) is 20.3 Å². The molecule has 1 aromatic carbocycles. The molecule has 0 amide bonds. The third-order valence-electron chi connectivity index (χ3n) is 3.12. The van der Waals surface area contributed by atoms with Gasteiger partial charge in [0.05, 0.1) is 19.3 Å². The predicted molar refractivity (Wildman–Crippen MR) is 78.9 cm³/mol. The molecule has 0 spiro atoms. The Bertz CT molecular complexity index is 638. The van der Waals surface area contributed by atoms with E-state index >= 15 is 0 Å². The number of ether oxygens (including phenoxy) is 2. The zero-order chi connectivity index (χ0) is 14.7. The third kappa shape index (κ3) is 3.16. The van der Waals surface area contributed by atoms with Crippen LogP contribution in [0.3, 0.4) is 0 Å². The van der Waals surface area contributed by atoms with Crippen molar-refractivity contribution in [3.8, 4) is 11.8 Å². The van der Waals surface area contributed by atoms with Gasteiger partial charge in [0.2, 0.25) is 11.2 Å². The minimum atomic E-state index is 0.0721. The van der Waals surface area contributed by atoms with E-state index in [0.29, 0.717) is 19.2 Å². The highest BCUT2D eigenvalue weighted by Crippen LogP contribution is 2.33. The molecule has 2 aromatic rings. The maximum atomic E-state index is 5.90. The topological polar surface area (TPSA) is 69.2 Å². The summed E-state index contributed by atoms with van der Waals surface area (Å²) < 4.78 is 10.9. The van der Waals surface area contributed by atoms with E-state index < -0.39 is 0 Å². The van der Waals surface area contributed by atoms with Crippen molar-refractivity contribution in [1.29, 1.82) is 0 Å². The number of fused-ring (bicyclic) bond motifs is 1. The van der Waals surface area contributed by atoms with Crippen LogP contribution in [0, 0.1) is 0 Å². The van der Waals surface area contributed by atoms with Gasteiger partial charge in [0.1, 0.15) is 5.75 Å². The second-order valence-electron chi connectivity index (χ2n) is 4.52. The largest absolute Gasteiger partial charge is 0.493 e. The Balaban J connectivity index is 1.84. The molecule has 2 heterocycles. The Morgan fingerprint density at radius 2 is 2.19 bits per heavy atom. The first-order valence-corrected chi connectivity index (χ1v) is 7.16. The second kappa shape index (κ2) is 6.13. The zero-order valence-corrected chi connectivity index (χ0v) is 12.3. The number of benzene rings is 1. The molecular formula is C14H15ClN4O2. The lowest BCUT2D eigenvalue weighted by atomic mass is 10.0. The van der Waals surface area contributed by atoms with Crippen molar-refractivity contribution in [2.24, 2.45) is 0 Å². The molecular weight excluding hydrogens is 292 g/mol. The summed E-state index contributed by atoms with van der Waals surface area (Å²) in [6.07, 6.45) is 0.824. The van der Waals surface area contributed by atoms with Crippen molar-refractivity contribution in [2.45, 2.75) is 19.4 Å². The molecule has 1 N–H and O–H groups in total. The van der Waals surface area contributed by atoms with Crippen molar-refractivity contribution in [3.63, 3.8) is 0 Å². The molecule has 1 aromatic heterocycles. The summed E-state index contributed by atoms with van der Waals surface area (Å²) in [7, 11) is 0. The fourth-order valence-corrected chi connectivity index (χ4v) is 2.39. The fourth-order valence-electron chi connectivity index (χ4n) is 2.24. The number of anilines is 1. The average molecular weight is 307 g/mol. The number of nitrogens with zero attached hydrogens (tertiary/aromatic N) is 3. The van der Waals surface area contributed by atoms with Crippen molar-refractivity contribution in [2.75, 3.05) is 18.5 Å². The maximum Gasteiger partial charge on any atom is 0.322 e. The van der Waals surface area contributed by atoms with Gasteiger partial charge in [-0.3, -0.25) is 0 Å². The molecule has 3 rings (SSSR count). The van der Waals surface area contributed by atoms with Crippen molar-refractivity contribution in [1.82, 2.24) is 15.0 Å². The quantitative estimate of drug-likeness (QED) is 0.936. The van der Waals surface area contributed by atoms with Crippen molar-refractivity contribution in [3.05, 3.63) is 35.1 Å². The van der Waals surface area contributed by atoms with Crippen LogP contribution in [0.5, 0.6) is 11.8 Å². The first-order valence-electron chi connectivity index (χ1n) is 6.79. The van der Waals surface area contributed by atoms with Crippen molar-refractivity contribution < 1.29 is 9.47 Å². The lowest BCUT2D eigenvalue weighted by Gasteiger charge is -2.26. The van der Waals surface area contributed by atoms with Gasteiger partial charge in [0.15, 0.2) is 0 Å². The summed E-state index contributed by atoms with van der Waals surface area (Å²) >= 11 is 5.90. The highest BCUT2D eigenvalue weighted by molar-refractivity contribution is 6.28. The van der Waals surface area contributed by atoms with E-state index in [1.165, 1.54) is 0 Å². The number of hydrogen-bond donors (Lipinski definition) is 1. The van der Waals surface area contributed by atoms with Crippen LogP contribution in [0.1, 0.15) is 24.9 Å². The monoisotopic (exact) mass is 306 g/mol. The van der Waals surface area contributed by atoms with Gasteiger partial charge in [-0.2, -0.15) is 15.0 Å². The Hall–Kier alpha value is -2.08. The molecule has 0 saturated carbocycles. The molecule has 0 saturated heterocycles.